The smallest absolute Gasteiger partial charge is 0.407 e. The summed E-state index contributed by atoms with van der Waals surface area (Å²) in [5, 5.41) is 14.9. The summed E-state index contributed by atoms with van der Waals surface area (Å²) in [5.74, 6) is -1.72. The average molecular weight is 721 g/mol. The Morgan fingerprint density at radius 1 is 0.918 bits per heavy atom. The number of amides is 2. The summed E-state index contributed by atoms with van der Waals surface area (Å²) >= 11 is 12.5. The number of rotatable bonds is 12. The first-order valence-electron chi connectivity index (χ1n) is 15.7. The molecule has 3 N–H and O–H groups in total. The number of esters is 1. The number of carbonyl (C=O) groups is 4. The van der Waals surface area contributed by atoms with Crippen molar-refractivity contribution < 1.29 is 38.5 Å². The van der Waals surface area contributed by atoms with Gasteiger partial charge < -0.3 is 39.4 Å². The topological polar surface area (TPSA) is 161 Å². The Balaban J connectivity index is 0.000000624. The van der Waals surface area contributed by atoms with Gasteiger partial charge in [-0.3, -0.25) is 14.6 Å². The summed E-state index contributed by atoms with van der Waals surface area (Å²) in [6.45, 7) is 7.18. The molecule has 1 aliphatic heterocycles. The Bertz CT molecular complexity index is 1610. The van der Waals surface area contributed by atoms with Crippen molar-refractivity contribution in [2.75, 3.05) is 19.0 Å². The van der Waals surface area contributed by atoms with Gasteiger partial charge in [-0.1, -0.05) is 29.3 Å². The van der Waals surface area contributed by atoms with E-state index in [2.05, 4.69) is 15.6 Å². The number of carbonyl (C=O) groups excluding carboxylic acids is 3. The maximum absolute atomic E-state index is 12.4. The number of aromatic nitrogens is 2. The minimum atomic E-state index is -1.10. The van der Waals surface area contributed by atoms with Crippen molar-refractivity contribution in [1.29, 1.82) is 0 Å². The molecule has 0 saturated heterocycles. The van der Waals surface area contributed by atoms with E-state index < -0.39 is 30.2 Å². The fourth-order valence-corrected chi connectivity index (χ4v) is 5.30. The van der Waals surface area contributed by atoms with Crippen LogP contribution in [0.25, 0.3) is 11.3 Å². The highest BCUT2D eigenvalue weighted by Gasteiger charge is 2.34. The lowest BCUT2D eigenvalue weighted by molar-refractivity contribution is -0.151. The number of hydrogen-bond acceptors (Lipinski definition) is 9. The Labute approximate surface area is 295 Å². The van der Waals surface area contributed by atoms with Gasteiger partial charge in [0.2, 0.25) is 0 Å². The third-order valence-corrected chi connectivity index (χ3v) is 7.86. The first kappa shape index (κ1) is 39.0. The minimum absolute atomic E-state index is 0.137. The van der Waals surface area contributed by atoms with E-state index >= 15 is 0 Å². The van der Waals surface area contributed by atoms with Gasteiger partial charge in [-0.15, -0.1) is 0 Å². The van der Waals surface area contributed by atoms with Crippen molar-refractivity contribution in [2.24, 2.45) is 0 Å². The van der Waals surface area contributed by atoms with Crippen LogP contribution in [0.1, 0.15) is 57.4 Å². The predicted molar refractivity (Wildman–Crippen MR) is 186 cm³/mol. The zero-order valence-electron chi connectivity index (χ0n) is 28.4. The van der Waals surface area contributed by atoms with Gasteiger partial charge in [0.1, 0.15) is 19.3 Å². The average Bonchev–Trinajstić information content (AvgIpc) is 3.55. The number of fused-ring (bicyclic) bond motifs is 1. The minimum Gasteiger partial charge on any atom is -0.481 e. The number of carboxylic acid groups (broad SMARTS) is 1. The van der Waals surface area contributed by atoms with Gasteiger partial charge >= 0.3 is 24.1 Å². The highest BCUT2D eigenvalue weighted by atomic mass is 35.5. The standard InChI is InChI=1S/C27H33Cl2N3O8.C7H10N2/c1-14(2)30-26(36)38-12-18-19(13-39-27(37)31-15(3)4)25(16-5-6-20(28)21(29)9-16)32-11-17(10-22(18)32)40-24(35)8-7-23(33)34;1-9(2)7-3-5-8-6-4-7/h5-6,9,14-15,17H,7-8,10-13H2,1-4H3,(H,30,36)(H,31,37)(H,33,34);3-6H,1-2H3/t17-;/m1./s1. The van der Waals surface area contributed by atoms with Gasteiger partial charge in [-0.05, 0) is 52.0 Å². The van der Waals surface area contributed by atoms with Crippen molar-refractivity contribution in [3.63, 3.8) is 0 Å². The van der Waals surface area contributed by atoms with Crippen molar-refractivity contribution >= 4 is 53.0 Å². The van der Waals surface area contributed by atoms with Crippen molar-refractivity contribution in [1.82, 2.24) is 20.2 Å². The van der Waals surface area contributed by atoms with Crippen LogP contribution in [0.4, 0.5) is 15.3 Å². The fraction of sp³-hybridized carbons (Fsp3) is 0.441. The van der Waals surface area contributed by atoms with Crippen LogP contribution in [0.3, 0.4) is 0 Å². The van der Waals surface area contributed by atoms with Crippen LogP contribution in [0.5, 0.6) is 0 Å². The second-order valence-electron chi connectivity index (χ2n) is 12.1. The normalized spacial score (nSPS) is 13.2. The molecular weight excluding hydrogens is 677 g/mol. The summed E-state index contributed by atoms with van der Waals surface area (Å²) < 4.78 is 18.5. The molecule has 2 aromatic heterocycles. The molecule has 0 radical (unpaired) electrons. The van der Waals surface area contributed by atoms with E-state index in [-0.39, 0.29) is 51.1 Å². The molecule has 49 heavy (non-hydrogen) atoms. The summed E-state index contributed by atoms with van der Waals surface area (Å²) in [5.41, 5.74) is 4.40. The number of nitrogens with zero attached hydrogens (tertiary/aromatic N) is 3. The lowest BCUT2D eigenvalue weighted by atomic mass is 10.0. The molecule has 2 amide bonds. The number of carboxylic acids is 1. The van der Waals surface area contributed by atoms with Crippen LogP contribution in [0.2, 0.25) is 10.0 Å². The largest absolute Gasteiger partial charge is 0.481 e. The molecule has 4 rings (SSSR count). The van der Waals surface area contributed by atoms with Crippen LogP contribution < -0.4 is 15.5 Å². The number of alkyl carbamates (subject to hydrolysis) is 2. The molecule has 0 aliphatic carbocycles. The number of nitrogens with one attached hydrogen (secondary N) is 2. The molecule has 0 unspecified atom stereocenters. The third-order valence-electron chi connectivity index (χ3n) is 7.12. The van der Waals surface area contributed by atoms with E-state index in [1.165, 1.54) is 5.69 Å². The van der Waals surface area contributed by atoms with Crippen molar-refractivity contribution in [2.45, 2.75) is 84.9 Å². The van der Waals surface area contributed by atoms with Gasteiger partial charge in [-0.2, -0.15) is 0 Å². The molecule has 13 nitrogen and oxygen atoms in total. The molecule has 3 aromatic rings. The highest BCUT2D eigenvalue weighted by molar-refractivity contribution is 6.42. The molecule has 266 valence electrons. The number of pyridine rings is 1. The van der Waals surface area contributed by atoms with Crippen molar-refractivity contribution in [3.05, 3.63) is 69.6 Å². The zero-order chi connectivity index (χ0) is 36.2. The van der Waals surface area contributed by atoms with Gasteiger partial charge in [-0.25, -0.2) is 9.59 Å². The Morgan fingerprint density at radius 3 is 2.02 bits per heavy atom. The maximum Gasteiger partial charge on any atom is 0.407 e. The number of hydrogen-bond donors (Lipinski definition) is 3. The number of halogens is 2. The van der Waals surface area contributed by atoms with E-state index in [9.17, 15) is 19.2 Å². The quantitative estimate of drug-likeness (QED) is 0.145. The van der Waals surface area contributed by atoms with Gasteiger partial charge in [0.25, 0.3) is 0 Å². The number of anilines is 1. The highest BCUT2D eigenvalue weighted by Crippen LogP contribution is 2.39. The van der Waals surface area contributed by atoms with Crippen molar-refractivity contribution in [3.8, 4) is 11.3 Å². The van der Waals surface area contributed by atoms with Crippen LogP contribution in [0, 0.1) is 0 Å². The zero-order valence-corrected chi connectivity index (χ0v) is 29.9. The molecule has 1 aromatic carbocycles. The van der Waals surface area contributed by atoms with E-state index in [0.29, 0.717) is 32.4 Å². The summed E-state index contributed by atoms with van der Waals surface area (Å²) in [7, 11) is 4.02. The molecule has 0 bridgehead atoms. The van der Waals surface area contributed by atoms with E-state index in [4.69, 9.17) is 42.5 Å². The second kappa shape index (κ2) is 18.3. The summed E-state index contributed by atoms with van der Waals surface area (Å²) in [4.78, 5) is 53.8. The second-order valence-corrected chi connectivity index (χ2v) is 12.9. The summed E-state index contributed by atoms with van der Waals surface area (Å²) in [6.07, 6.45) is 1.44. The van der Waals surface area contributed by atoms with Gasteiger partial charge in [0.15, 0.2) is 0 Å². The van der Waals surface area contributed by atoms with E-state index in [1.807, 2.05) is 35.7 Å². The first-order chi connectivity index (χ1) is 23.2. The number of benzene rings is 1. The van der Waals surface area contributed by atoms with E-state index in [1.54, 1.807) is 58.3 Å². The molecule has 1 aliphatic rings. The molecular formula is C34H43Cl2N5O8. The molecule has 0 spiro atoms. The predicted octanol–water partition coefficient (Wildman–Crippen LogP) is 6.21. The third kappa shape index (κ3) is 11.9. The van der Waals surface area contributed by atoms with Crippen LogP contribution in [0.15, 0.2) is 42.7 Å². The van der Waals surface area contributed by atoms with Gasteiger partial charge in [0.05, 0.1) is 35.1 Å². The summed E-state index contributed by atoms with van der Waals surface area (Å²) in [6, 6.07) is 8.74. The Morgan fingerprint density at radius 2 is 1.51 bits per heavy atom. The lowest BCUT2D eigenvalue weighted by Crippen LogP contribution is -2.31. The molecule has 3 heterocycles. The molecule has 0 fully saturated rings. The van der Waals surface area contributed by atoms with Gasteiger partial charge in [0, 0.05) is 73.1 Å². The SMILES string of the molecule is CC(C)NC(=O)OCc1c(COC(=O)NC(C)C)c(-c2ccc(Cl)c(Cl)c2)n2c1C[C@@H](OC(=O)CCC(=O)O)C2.CN(C)c1ccncc1. The first-order valence-corrected chi connectivity index (χ1v) is 16.5. The number of ether oxygens (including phenoxy) is 3. The van der Waals surface area contributed by atoms with Crippen LogP contribution in [-0.2, 0) is 50.0 Å². The molecule has 1 atom stereocenters. The Kier molecular flexibility index (Phi) is 14.6. The van der Waals surface area contributed by atoms with E-state index in [0.717, 1.165) is 5.69 Å². The van der Waals surface area contributed by atoms with Crippen LogP contribution >= 0.6 is 23.2 Å². The fourth-order valence-electron chi connectivity index (χ4n) is 5.00. The monoisotopic (exact) mass is 719 g/mol. The molecule has 15 heteroatoms. The van der Waals surface area contributed by atoms with Crippen LogP contribution in [-0.4, -0.2) is 71.1 Å². The molecule has 0 saturated carbocycles. The lowest BCUT2D eigenvalue weighted by Gasteiger charge is -2.17. The number of aliphatic carboxylic acids is 1. The maximum atomic E-state index is 12.4. The Hall–Kier alpha value is -4.49.